The highest BCUT2D eigenvalue weighted by Gasteiger charge is 2.21. The van der Waals surface area contributed by atoms with E-state index in [9.17, 15) is 14.9 Å². The summed E-state index contributed by atoms with van der Waals surface area (Å²) < 4.78 is 0.000219. The van der Waals surface area contributed by atoms with Crippen LogP contribution in [0.3, 0.4) is 0 Å². The Labute approximate surface area is 124 Å². The second kappa shape index (κ2) is 5.60. The average Bonchev–Trinajstić information content (AvgIpc) is 2.76. The van der Waals surface area contributed by atoms with Gasteiger partial charge in [-0.3, -0.25) is 14.9 Å². The smallest absolute Gasteiger partial charge is 0.299 e. The molecule has 104 valence electrons. The molecule has 1 aromatic carbocycles. The monoisotopic (exact) mass is 310 g/mol. The number of benzene rings is 1. The number of hydrogen-bond acceptors (Lipinski definition) is 4. The summed E-state index contributed by atoms with van der Waals surface area (Å²) in [7, 11) is 0. The number of amides is 1. The van der Waals surface area contributed by atoms with Crippen molar-refractivity contribution in [2.45, 2.75) is 13.8 Å². The van der Waals surface area contributed by atoms with Crippen molar-refractivity contribution in [1.82, 2.24) is 0 Å². The molecule has 1 heterocycles. The van der Waals surface area contributed by atoms with E-state index in [4.69, 9.17) is 11.6 Å². The quantitative estimate of drug-likeness (QED) is 0.682. The Kier molecular flexibility index (Phi) is 4.06. The van der Waals surface area contributed by atoms with Crippen molar-refractivity contribution in [2.75, 3.05) is 5.32 Å². The molecule has 0 aliphatic rings. The Balaban J connectivity index is 2.21. The number of hydrogen-bond donors (Lipinski definition) is 1. The fraction of sp³-hybridized carbons (Fsp3) is 0.154. The molecule has 7 heteroatoms. The second-order valence-corrected chi connectivity index (χ2v) is 5.93. The van der Waals surface area contributed by atoms with Crippen LogP contribution in [0.4, 0.5) is 11.4 Å². The van der Waals surface area contributed by atoms with Crippen LogP contribution in [-0.4, -0.2) is 10.8 Å². The van der Waals surface area contributed by atoms with Crippen LogP contribution in [0, 0.1) is 24.0 Å². The lowest BCUT2D eigenvalue weighted by Gasteiger charge is -2.06. The van der Waals surface area contributed by atoms with E-state index in [2.05, 4.69) is 5.32 Å². The first-order valence-corrected chi connectivity index (χ1v) is 6.90. The number of nitrogens with zero attached hydrogens (tertiary/aromatic N) is 1. The normalized spacial score (nSPS) is 10.3. The molecular weight excluding hydrogens is 300 g/mol. The number of rotatable bonds is 3. The van der Waals surface area contributed by atoms with Gasteiger partial charge in [0.05, 0.1) is 4.92 Å². The molecule has 1 amide bonds. The zero-order chi connectivity index (χ0) is 14.9. The molecule has 1 N–H and O–H groups in total. The molecule has 0 atom stereocenters. The van der Waals surface area contributed by atoms with Gasteiger partial charge in [-0.1, -0.05) is 17.7 Å². The molecule has 2 rings (SSSR count). The number of halogens is 1. The van der Waals surface area contributed by atoms with Gasteiger partial charge in [0.15, 0.2) is 4.34 Å². The van der Waals surface area contributed by atoms with Gasteiger partial charge in [0.25, 0.3) is 11.6 Å². The molecule has 0 saturated heterocycles. The molecule has 2 aromatic rings. The minimum atomic E-state index is -0.606. The number of carbonyl (C=O) groups excluding carboxylic acids is 1. The number of carbonyl (C=O) groups is 1. The Morgan fingerprint density at radius 2 is 2.00 bits per heavy atom. The van der Waals surface area contributed by atoms with Crippen molar-refractivity contribution >= 4 is 40.2 Å². The maximum atomic E-state index is 12.0. The SMILES string of the molecule is Cc1ccc(NC(=O)c2cc([N+](=O)[O-])c(Cl)s2)cc1C. The van der Waals surface area contributed by atoms with E-state index in [0.717, 1.165) is 22.5 Å². The van der Waals surface area contributed by atoms with E-state index in [1.807, 2.05) is 26.0 Å². The Hall–Kier alpha value is -1.92. The van der Waals surface area contributed by atoms with Crippen LogP contribution < -0.4 is 5.32 Å². The summed E-state index contributed by atoms with van der Waals surface area (Å²) in [6.07, 6.45) is 0. The molecule has 5 nitrogen and oxygen atoms in total. The van der Waals surface area contributed by atoms with Crippen LogP contribution >= 0.6 is 22.9 Å². The molecule has 0 fully saturated rings. The minimum absolute atomic E-state index is 0.000219. The average molecular weight is 311 g/mol. The minimum Gasteiger partial charge on any atom is -0.321 e. The van der Waals surface area contributed by atoms with Crippen LogP contribution in [0.25, 0.3) is 0 Å². The van der Waals surface area contributed by atoms with E-state index in [0.29, 0.717) is 5.69 Å². The molecular formula is C13H11ClN2O3S. The number of nitro groups is 1. The van der Waals surface area contributed by atoms with Gasteiger partial charge in [-0.15, -0.1) is 11.3 Å². The second-order valence-electron chi connectivity index (χ2n) is 4.28. The molecule has 0 aliphatic carbocycles. The summed E-state index contributed by atoms with van der Waals surface area (Å²) in [5.74, 6) is -0.409. The van der Waals surface area contributed by atoms with Crippen molar-refractivity contribution in [3.05, 3.63) is 54.7 Å². The lowest BCUT2D eigenvalue weighted by molar-refractivity contribution is -0.384. The summed E-state index contributed by atoms with van der Waals surface area (Å²) in [4.78, 5) is 22.3. The summed E-state index contributed by atoms with van der Waals surface area (Å²) in [5, 5.41) is 13.4. The molecule has 0 saturated carbocycles. The van der Waals surface area contributed by atoms with Crippen molar-refractivity contribution in [2.24, 2.45) is 0 Å². The Morgan fingerprint density at radius 1 is 1.30 bits per heavy atom. The number of anilines is 1. The Morgan fingerprint density at radius 3 is 2.55 bits per heavy atom. The topological polar surface area (TPSA) is 72.2 Å². The molecule has 0 aliphatic heterocycles. The van der Waals surface area contributed by atoms with Gasteiger partial charge in [0.2, 0.25) is 0 Å². The van der Waals surface area contributed by atoms with E-state index in [1.54, 1.807) is 6.07 Å². The van der Waals surface area contributed by atoms with Gasteiger partial charge >= 0.3 is 0 Å². The maximum absolute atomic E-state index is 12.0. The van der Waals surface area contributed by atoms with Gasteiger partial charge in [0, 0.05) is 11.8 Å². The van der Waals surface area contributed by atoms with E-state index in [-0.39, 0.29) is 14.9 Å². The van der Waals surface area contributed by atoms with E-state index >= 15 is 0 Å². The van der Waals surface area contributed by atoms with E-state index in [1.165, 1.54) is 6.07 Å². The summed E-state index contributed by atoms with van der Waals surface area (Å²) >= 11 is 6.62. The first-order valence-electron chi connectivity index (χ1n) is 5.71. The van der Waals surface area contributed by atoms with Gasteiger partial charge in [-0.25, -0.2) is 0 Å². The molecule has 1 aromatic heterocycles. The van der Waals surface area contributed by atoms with Crippen molar-refractivity contribution in [3.63, 3.8) is 0 Å². The third-order valence-corrected chi connectivity index (χ3v) is 4.19. The first-order chi connectivity index (χ1) is 9.38. The predicted molar refractivity (Wildman–Crippen MR) is 79.9 cm³/mol. The summed E-state index contributed by atoms with van der Waals surface area (Å²) in [6, 6.07) is 6.71. The number of nitrogens with one attached hydrogen (secondary N) is 1. The van der Waals surface area contributed by atoms with Crippen LogP contribution in [0.1, 0.15) is 20.8 Å². The zero-order valence-electron chi connectivity index (χ0n) is 10.8. The third-order valence-electron chi connectivity index (χ3n) is 2.85. The fourth-order valence-electron chi connectivity index (χ4n) is 1.61. The van der Waals surface area contributed by atoms with Crippen molar-refractivity contribution < 1.29 is 9.72 Å². The van der Waals surface area contributed by atoms with Crippen LogP contribution in [0.5, 0.6) is 0 Å². The third kappa shape index (κ3) is 2.97. The van der Waals surface area contributed by atoms with Crippen LogP contribution in [0.15, 0.2) is 24.3 Å². The highest BCUT2D eigenvalue weighted by atomic mass is 35.5. The lowest BCUT2D eigenvalue weighted by Crippen LogP contribution is -2.10. The summed E-state index contributed by atoms with van der Waals surface area (Å²) in [6.45, 7) is 3.92. The zero-order valence-corrected chi connectivity index (χ0v) is 12.3. The molecule has 0 bridgehead atoms. The predicted octanol–water partition coefficient (Wildman–Crippen LogP) is 4.18. The lowest BCUT2D eigenvalue weighted by atomic mass is 10.1. The molecule has 20 heavy (non-hydrogen) atoms. The highest BCUT2D eigenvalue weighted by molar-refractivity contribution is 7.18. The number of aryl methyl sites for hydroxylation is 2. The van der Waals surface area contributed by atoms with Gasteiger partial charge in [-0.05, 0) is 37.1 Å². The van der Waals surface area contributed by atoms with Gasteiger partial charge < -0.3 is 5.32 Å². The highest BCUT2D eigenvalue weighted by Crippen LogP contribution is 2.34. The summed E-state index contributed by atoms with van der Waals surface area (Å²) in [5.41, 5.74) is 2.57. The first kappa shape index (κ1) is 14.5. The van der Waals surface area contributed by atoms with Gasteiger partial charge in [-0.2, -0.15) is 0 Å². The molecule has 0 radical (unpaired) electrons. The largest absolute Gasteiger partial charge is 0.321 e. The molecule has 0 unspecified atom stereocenters. The van der Waals surface area contributed by atoms with Crippen molar-refractivity contribution in [3.8, 4) is 0 Å². The number of thiophene rings is 1. The van der Waals surface area contributed by atoms with Crippen LogP contribution in [-0.2, 0) is 0 Å². The van der Waals surface area contributed by atoms with Crippen LogP contribution in [0.2, 0.25) is 4.34 Å². The Bertz CT molecular complexity index is 697. The van der Waals surface area contributed by atoms with Crippen molar-refractivity contribution in [1.29, 1.82) is 0 Å². The maximum Gasteiger partial charge on any atom is 0.299 e. The fourth-order valence-corrected chi connectivity index (χ4v) is 2.73. The standard InChI is InChI=1S/C13H11ClN2O3S/c1-7-3-4-9(5-8(7)2)15-13(17)11-6-10(16(18)19)12(14)20-11/h3-6H,1-2H3,(H,15,17). The molecule has 0 spiro atoms. The van der Waals surface area contributed by atoms with Gasteiger partial charge in [0.1, 0.15) is 4.88 Å². The van der Waals surface area contributed by atoms with E-state index < -0.39 is 10.8 Å².